The minimum atomic E-state index is -3.46. The first-order valence-corrected chi connectivity index (χ1v) is 9.55. The first-order chi connectivity index (χ1) is 11.5. The Hall–Kier alpha value is -2.18. The summed E-state index contributed by atoms with van der Waals surface area (Å²) in [6.45, 7) is 0.572. The molecule has 124 valence electrons. The smallest absolute Gasteiger partial charge is 0.258 e. The average molecular weight is 342 g/mol. The van der Waals surface area contributed by atoms with Crippen molar-refractivity contribution in [2.75, 3.05) is 11.4 Å². The monoisotopic (exact) mass is 342 g/mol. The van der Waals surface area contributed by atoms with E-state index in [0.717, 1.165) is 24.1 Å². The molecule has 2 aromatic rings. The molecule has 0 unspecified atom stereocenters. The molecule has 1 aliphatic carbocycles. The highest BCUT2D eigenvalue weighted by Crippen LogP contribution is 2.32. The predicted molar refractivity (Wildman–Crippen MR) is 91.6 cm³/mol. The Balaban J connectivity index is 1.62. The Bertz CT molecular complexity index is 890. The van der Waals surface area contributed by atoms with Crippen LogP contribution in [0, 0.1) is 0 Å². The molecule has 1 fully saturated rings. The van der Waals surface area contributed by atoms with Crippen LogP contribution < -0.4 is 9.62 Å². The molecule has 0 radical (unpaired) electrons. The molecule has 6 heteroatoms. The first kappa shape index (κ1) is 15.4. The molecule has 2 aromatic carbocycles. The van der Waals surface area contributed by atoms with E-state index in [9.17, 15) is 13.2 Å². The fraction of sp³-hybridized carbons (Fsp3) is 0.278. The Labute approximate surface area is 141 Å². The van der Waals surface area contributed by atoms with Crippen LogP contribution in [0.1, 0.15) is 28.8 Å². The Morgan fingerprint density at radius 3 is 2.54 bits per heavy atom. The lowest BCUT2D eigenvalue weighted by Gasteiger charge is -2.17. The number of fused-ring (bicyclic) bond motifs is 1. The van der Waals surface area contributed by atoms with Crippen molar-refractivity contribution in [1.29, 1.82) is 0 Å². The largest absolute Gasteiger partial charge is 0.308 e. The van der Waals surface area contributed by atoms with Gasteiger partial charge < -0.3 is 4.90 Å². The molecule has 0 spiro atoms. The predicted octanol–water partition coefficient (Wildman–Crippen LogP) is 2.33. The highest BCUT2D eigenvalue weighted by Gasteiger charge is 2.30. The normalized spacial score (nSPS) is 16.9. The van der Waals surface area contributed by atoms with E-state index in [-0.39, 0.29) is 16.8 Å². The number of carbonyl (C=O) groups is 1. The van der Waals surface area contributed by atoms with Gasteiger partial charge in [-0.2, -0.15) is 0 Å². The van der Waals surface area contributed by atoms with E-state index in [1.54, 1.807) is 35.2 Å². The maximum absolute atomic E-state index is 12.6. The molecule has 0 aromatic heterocycles. The van der Waals surface area contributed by atoms with Gasteiger partial charge in [0.2, 0.25) is 10.0 Å². The van der Waals surface area contributed by atoms with Crippen molar-refractivity contribution >= 4 is 21.6 Å². The zero-order chi connectivity index (χ0) is 16.7. The Morgan fingerprint density at radius 1 is 1.08 bits per heavy atom. The van der Waals surface area contributed by atoms with Crippen LogP contribution in [0.25, 0.3) is 0 Å². The topological polar surface area (TPSA) is 66.5 Å². The molecule has 1 N–H and O–H groups in total. The van der Waals surface area contributed by atoms with Gasteiger partial charge in [-0.05, 0) is 55.2 Å². The van der Waals surface area contributed by atoms with Gasteiger partial charge in [-0.25, -0.2) is 13.1 Å². The van der Waals surface area contributed by atoms with Gasteiger partial charge in [0.15, 0.2) is 0 Å². The Morgan fingerprint density at radius 2 is 1.83 bits per heavy atom. The van der Waals surface area contributed by atoms with E-state index in [1.807, 2.05) is 18.2 Å². The Kier molecular flexibility index (Phi) is 3.66. The maximum atomic E-state index is 12.6. The third-order valence-electron chi connectivity index (χ3n) is 4.42. The van der Waals surface area contributed by atoms with Crippen LogP contribution in [0.15, 0.2) is 53.4 Å². The zero-order valence-electron chi connectivity index (χ0n) is 13.1. The number of amides is 1. The second-order valence-electron chi connectivity index (χ2n) is 6.26. The summed E-state index contributed by atoms with van der Waals surface area (Å²) < 4.78 is 27.3. The zero-order valence-corrected chi connectivity index (χ0v) is 13.9. The number of nitrogens with zero attached hydrogens (tertiary/aromatic N) is 1. The van der Waals surface area contributed by atoms with Gasteiger partial charge in [-0.15, -0.1) is 0 Å². The van der Waals surface area contributed by atoms with E-state index >= 15 is 0 Å². The van der Waals surface area contributed by atoms with Gasteiger partial charge in [-0.3, -0.25) is 4.79 Å². The van der Waals surface area contributed by atoms with Gasteiger partial charge in [0.25, 0.3) is 5.91 Å². The minimum Gasteiger partial charge on any atom is -0.308 e. The molecular weight excluding hydrogens is 324 g/mol. The molecule has 0 saturated heterocycles. The van der Waals surface area contributed by atoms with Crippen LogP contribution in [0.5, 0.6) is 0 Å². The van der Waals surface area contributed by atoms with Crippen LogP contribution in [-0.4, -0.2) is 26.9 Å². The molecule has 1 heterocycles. The molecule has 2 aliphatic rings. The summed E-state index contributed by atoms with van der Waals surface area (Å²) in [5.41, 5.74) is 2.34. The van der Waals surface area contributed by atoms with Crippen molar-refractivity contribution in [2.24, 2.45) is 0 Å². The second kappa shape index (κ2) is 5.72. The van der Waals surface area contributed by atoms with Gasteiger partial charge in [-0.1, -0.05) is 18.2 Å². The standard InChI is InChI=1S/C18H18N2O3S/c21-18(13-4-2-1-3-5-13)20-11-10-14-12-16(8-9-17(14)20)24(22,23)19-15-6-7-15/h1-5,8-9,12,15,19H,6-7,10-11H2. The van der Waals surface area contributed by atoms with Crippen molar-refractivity contribution in [3.05, 3.63) is 59.7 Å². The number of hydrogen-bond donors (Lipinski definition) is 1. The maximum Gasteiger partial charge on any atom is 0.258 e. The van der Waals surface area contributed by atoms with Crippen molar-refractivity contribution in [2.45, 2.75) is 30.2 Å². The molecule has 4 rings (SSSR count). The number of carbonyl (C=O) groups excluding carboxylic acids is 1. The fourth-order valence-corrected chi connectivity index (χ4v) is 4.34. The van der Waals surface area contributed by atoms with Crippen molar-refractivity contribution < 1.29 is 13.2 Å². The molecule has 5 nitrogen and oxygen atoms in total. The highest BCUT2D eigenvalue weighted by atomic mass is 32.2. The van der Waals surface area contributed by atoms with E-state index in [0.29, 0.717) is 18.5 Å². The van der Waals surface area contributed by atoms with Gasteiger partial charge in [0, 0.05) is 23.8 Å². The van der Waals surface area contributed by atoms with E-state index < -0.39 is 10.0 Å². The number of anilines is 1. The van der Waals surface area contributed by atoms with Crippen molar-refractivity contribution in [3.63, 3.8) is 0 Å². The van der Waals surface area contributed by atoms with Gasteiger partial charge in [0.05, 0.1) is 4.90 Å². The van der Waals surface area contributed by atoms with Crippen LogP contribution in [0.2, 0.25) is 0 Å². The van der Waals surface area contributed by atoms with Crippen LogP contribution in [0.3, 0.4) is 0 Å². The summed E-state index contributed by atoms with van der Waals surface area (Å²) in [4.78, 5) is 14.6. The number of rotatable bonds is 4. The average Bonchev–Trinajstić information content (AvgIpc) is 3.29. The molecule has 1 amide bonds. The van der Waals surface area contributed by atoms with Crippen LogP contribution >= 0.6 is 0 Å². The summed E-state index contributed by atoms with van der Waals surface area (Å²) >= 11 is 0. The quantitative estimate of drug-likeness (QED) is 0.927. The van der Waals surface area contributed by atoms with E-state index in [2.05, 4.69) is 4.72 Å². The lowest BCUT2D eigenvalue weighted by atomic mass is 10.1. The second-order valence-corrected chi connectivity index (χ2v) is 7.97. The third-order valence-corrected chi connectivity index (χ3v) is 5.94. The molecule has 1 aliphatic heterocycles. The number of sulfonamides is 1. The molecular formula is C18H18N2O3S. The van der Waals surface area contributed by atoms with Crippen LogP contribution in [0.4, 0.5) is 5.69 Å². The van der Waals surface area contributed by atoms with E-state index in [1.165, 1.54) is 0 Å². The van der Waals surface area contributed by atoms with Gasteiger partial charge >= 0.3 is 0 Å². The van der Waals surface area contributed by atoms with Crippen molar-refractivity contribution in [3.8, 4) is 0 Å². The summed E-state index contributed by atoms with van der Waals surface area (Å²) in [6.07, 6.45) is 2.48. The lowest BCUT2D eigenvalue weighted by molar-refractivity contribution is 0.0989. The number of hydrogen-bond acceptors (Lipinski definition) is 3. The molecule has 1 saturated carbocycles. The van der Waals surface area contributed by atoms with Crippen molar-refractivity contribution in [1.82, 2.24) is 4.72 Å². The summed E-state index contributed by atoms with van der Waals surface area (Å²) in [7, 11) is -3.46. The number of nitrogens with one attached hydrogen (secondary N) is 1. The number of benzene rings is 2. The fourth-order valence-electron chi connectivity index (χ4n) is 2.98. The SMILES string of the molecule is O=C(c1ccccc1)N1CCc2cc(S(=O)(=O)NC3CC3)ccc21. The lowest BCUT2D eigenvalue weighted by Crippen LogP contribution is -2.29. The summed E-state index contributed by atoms with van der Waals surface area (Å²) in [6, 6.07) is 14.2. The van der Waals surface area contributed by atoms with E-state index in [4.69, 9.17) is 0 Å². The molecule has 24 heavy (non-hydrogen) atoms. The highest BCUT2D eigenvalue weighted by molar-refractivity contribution is 7.89. The summed E-state index contributed by atoms with van der Waals surface area (Å²) in [5, 5.41) is 0. The molecule has 0 bridgehead atoms. The minimum absolute atomic E-state index is 0.0546. The first-order valence-electron chi connectivity index (χ1n) is 8.07. The third kappa shape index (κ3) is 2.83. The van der Waals surface area contributed by atoms with Crippen LogP contribution in [-0.2, 0) is 16.4 Å². The van der Waals surface area contributed by atoms with Gasteiger partial charge in [0.1, 0.15) is 0 Å². The summed E-state index contributed by atoms with van der Waals surface area (Å²) in [5.74, 6) is -0.0546. The molecule has 0 atom stereocenters.